The molecule has 0 aromatic heterocycles. The summed E-state index contributed by atoms with van der Waals surface area (Å²) in [4.78, 5) is 25.1. The first kappa shape index (κ1) is 32.9. The van der Waals surface area contributed by atoms with Crippen LogP contribution in [0.25, 0.3) is 11.1 Å². The van der Waals surface area contributed by atoms with Gasteiger partial charge in [0.1, 0.15) is 19.0 Å². The van der Waals surface area contributed by atoms with Crippen LogP contribution in [0.15, 0.2) is 72.8 Å². The van der Waals surface area contributed by atoms with Gasteiger partial charge in [0.05, 0.1) is 52.9 Å². The summed E-state index contributed by atoms with van der Waals surface area (Å²) < 4.78 is 33.4. The Balaban J connectivity index is 0.943. The monoisotopic (exact) mass is 606 g/mol. The van der Waals surface area contributed by atoms with Crippen molar-refractivity contribution in [3.63, 3.8) is 0 Å². The van der Waals surface area contributed by atoms with Gasteiger partial charge in [0.25, 0.3) is 0 Å². The highest BCUT2D eigenvalue weighted by atomic mass is 16.6. The SMILES string of the molecule is CC(=O)Nc1ccc(OCCOCCOCCOCCOCCN(C)C(=O)OCC2c3ccccc3-c3ccccc32)cc1. The van der Waals surface area contributed by atoms with Crippen molar-refractivity contribution in [1.82, 2.24) is 4.90 Å². The number of carbonyl (C=O) groups is 2. The van der Waals surface area contributed by atoms with Crippen LogP contribution in [-0.4, -0.2) is 96.6 Å². The smallest absolute Gasteiger partial charge is 0.409 e. The van der Waals surface area contributed by atoms with Crippen LogP contribution < -0.4 is 10.1 Å². The summed E-state index contributed by atoms with van der Waals surface area (Å²) in [7, 11) is 1.71. The third-order valence-corrected chi connectivity index (χ3v) is 7.01. The first-order valence-electron chi connectivity index (χ1n) is 14.9. The van der Waals surface area contributed by atoms with Crippen molar-refractivity contribution in [2.75, 3.05) is 85.0 Å². The third-order valence-electron chi connectivity index (χ3n) is 7.01. The average Bonchev–Trinajstić information content (AvgIpc) is 3.35. The van der Waals surface area contributed by atoms with Gasteiger partial charge in [-0.3, -0.25) is 4.79 Å². The number of carbonyl (C=O) groups excluding carboxylic acids is 2. The zero-order chi connectivity index (χ0) is 31.0. The predicted octanol–water partition coefficient (Wildman–Crippen LogP) is 4.97. The lowest BCUT2D eigenvalue weighted by Gasteiger charge is -2.19. The van der Waals surface area contributed by atoms with Gasteiger partial charge in [0.2, 0.25) is 5.91 Å². The number of benzene rings is 3. The minimum absolute atomic E-state index is 0.0397. The Morgan fingerprint density at radius 2 is 1.18 bits per heavy atom. The zero-order valence-corrected chi connectivity index (χ0v) is 25.5. The van der Waals surface area contributed by atoms with E-state index < -0.39 is 0 Å². The van der Waals surface area contributed by atoms with Crippen molar-refractivity contribution in [3.8, 4) is 16.9 Å². The van der Waals surface area contributed by atoms with Crippen molar-refractivity contribution in [3.05, 3.63) is 83.9 Å². The highest BCUT2D eigenvalue weighted by molar-refractivity contribution is 5.88. The van der Waals surface area contributed by atoms with Gasteiger partial charge in [-0.2, -0.15) is 0 Å². The average molecular weight is 607 g/mol. The number of amides is 2. The van der Waals surface area contributed by atoms with E-state index in [1.165, 1.54) is 34.1 Å². The molecule has 10 nitrogen and oxygen atoms in total. The number of likely N-dealkylation sites (N-methyl/N-ethyl adjacent to an activating group) is 1. The Kier molecular flexibility index (Phi) is 13.5. The van der Waals surface area contributed by atoms with Gasteiger partial charge >= 0.3 is 6.09 Å². The van der Waals surface area contributed by atoms with E-state index in [0.29, 0.717) is 78.4 Å². The van der Waals surface area contributed by atoms with E-state index in [1.54, 1.807) is 31.3 Å². The van der Waals surface area contributed by atoms with E-state index in [1.807, 2.05) is 24.3 Å². The molecular formula is C34H42N2O8. The van der Waals surface area contributed by atoms with Crippen LogP contribution in [0.2, 0.25) is 0 Å². The molecule has 236 valence electrons. The molecule has 1 N–H and O–H groups in total. The molecular weight excluding hydrogens is 564 g/mol. The van der Waals surface area contributed by atoms with Gasteiger partial charge in [0, 0.05) is 32.1 Å². The summed E-state index contributed by atoms with van der Waals surface area (Å²) >= 11 is 0. The Bertz CT molecular complexity index is 1270. The van der Waals surface area contributed by atoms with E-state index >= 15 is 0 Å². The number of hydrogen-bond donors (Lipinski definition) is 1. The maximum absolute atomic E-state index is 12.6. The minimum atomic E-state index is -0.366. The predicted molar refractivity (Wildman–Crippen MR) is 167 cm³/mol. The van der Waals surface area contributed by atoms with Gasteiger partial charge in [0.15, 0.2) is 0 Å². The summed E-state index contributed by atoms with van der Waals surface area (Å²) in [5.74, 6) is 0.640. The molecule has 0 fully saturated rings. The summed E-state index contributed by atoms with van der Waals surface area (Å²) in [6.07, 6.45) is -0.366. The van der Waals surface area contributed by atoms with Crippen molar-refractivity contribution >= 4 is 17.7 Å². The van der Waals surface area contributed by atoms with Crippen LogP contribution in [0.3, 0.4) is 0 Å². The second-order valence-electron chi connectivity index (χ2n) is 10.2. The normalized spacial score (nSPS) is 12.0. The van der Waals surface area contributed by atoms with Gasteiger partial charge < -0.3 is 38.6 Å². The molecule has 4 rings (SSSR count). The lowest BCUT2D eigenvalue weighted by Crippen LogP contribution is -2.32. The minimum Gasteiger partial charge on any atom is -0.491 e. The van der Waals surface area contributed by atoms with E-state index in [2.05, 4.69) is 29.6 Å². The maximum Gasteiger partial charge on any atom is 0.409 e. The van der Waals surface area contributed by atoms with Gasteiger partial charge in [-0.1, -0.05) is 48.5 Å². The molecule has 0 unspecified atom stereocenters. The van der Waals surface area contributed by atoms with E-state index in [-0.39, 0.29) is 17.9 Å². The number of fused-ring (bicyclic) bond motifs is 3. The first-order valence-corrected chi connectivity index (χ1v) is 14.9. The number of ether oxygens (including phenoxy) is 6. The molecule has 3 aromatic rings. The number of nitrogens with zero attached hydrogens (tertiary/aromatic N) is 1. The van der Waals surface area contributed by atoms with Crippen molar-refractivity contribution in [2.24, 2.45) is 0 Å². The van der Waals surface area contributed by atoms with Crippen LogP contribution in [0, 0.1) is 0 Å². The standard InChI is InChI=1S/C34H42N2O8/c1-26(37)35-27-11-13-28(14-12-27)43-24-23-42-22-21-41-20-19-40-18-17-39-16-15-36(2)34(38)44-25-33-31-9-5-3-7-29(31)30-8-4-6-10-32(30)33/h3-14,33H,15-25H2,1-2H3,(H,35,37). The fourth-order valence-electron chi connectivity index (χ4n) is 4.81. The van der Waals surface area contributed by atoms with Gasteiger partial charge in [-0.25, -0.2) is 4.79 Å². The Labute approximate surface area is 259 Å². The molecule has 0 saturated carbocycles. The molecule has 0 saturated heterocycles. The Morgan fingerprint density at radius 1 is 0.682 bits per heavy atom. The molecule has 1 aliphatic rings. The molecule has 10 heteroatoms. The molecule has 0 atom stereocenters. The molecule has 1 aliphatic carbocycles. The number of anilines is 1. The molecule has 0 aliphatic heterocycles. The highest BCUT2D eigenvalue weighted by Gasteiger charge is 2.29. The fourth-order valence-corrected chi connectivity index (χ4v) is 4.81. The maximum atomic E-state index is 12.6. The second kappa shape index (κ2) is 18.0. The van der Waals surface area contributed by atoms with Crippen LogP contribution in [-0.2, 0) is 28.5 Å². The molecule has 0 radical (unpaired) electrons. The molecule has 0 spiro atoms. The summed E-state index contributed by atoms with van der Waals surface area (Å²) in [5, 5.41) is 2.71. The summed E-state index contributed by atoms with van der Waals surface area (Å²) in [6, 6.07) is 23.7. The quantitative estimate of drug-likeness (QED) is 0.191. The Hall–Kier alpha value is -3.96. The summed E-state index contributed by atoms with van der Waals surface area (Å²) in [6.45, 7) is 6.17. The van der Waals surface area contributed by atoms with Crippen molar-refractivity contribution in [2.45, 2.75) is 12.8 Å². The van der Waals surface area contributed by atoms with Crippen LogP contribution >= 0.6 is 0 Å². The van der Waals surface area contributed by atoms with Crippen LogP contribution in [0.1, 0.15) is 24.0 Å². The number of nitrogens with one attached hydrogen (secondary N) is 1. The van der Waals surface area contributed by atoms with Gasteiger partial charge in [-0.15, -0.1) is 0 Å². The fraction of sp³-hybridized carbons (Fsp3) is 0.412. The molecule has 2 amide bonds. The Morgan fingerprint density at radius 3 is 1.73 bits per heavy atom. The largest absolute Gasteiger partial charge is 0.491 e. The lowest BCUT2D eigenvalue weighted by molar-refractivity contribution is -0.114. The highest BCUT2D eigenvalue weighted by Crippen LogP contribution is 2.44. The second-order valence-corrected chi connectivity index (χ2v) is 10.2. The summed E-state index contributed by atoms with van der Waals surface area (Å²) in [5.41, 5.74) is 5.52. The van der Waals surface area contributed by atoms with Crippen molar-refractivity contribution < 1.29 is 38.0 Å². The molecule has 44 heavy (non-hydrogen) atoms. The zero-order valence-electron chi connectivity index (χ0n) is 25.5. The molecule has 3 aromatic carbocycles. The van der Waals surface area contributed by atoms with Crippen LogP contribution in [0.5, 0.6) is 5.75 Å². The number of rotatable bonds is 19. The van der Waals surface area contributed by atoms with Crippen molar-refractivity contribution in [1.29, 1.82) is 0 Å². The lowest BCUT2D eigenvalue weighted by atomic mass is 9.98. The molecule has 0 heterocycles. The number of hydrogen-bond acceptors (Lipinski definition) is 8. The van der Waals surface area contributed by atoms with E-state index in [9.17, 15) is 9.59 Å². The molecule has 0 bridgehead atoms. The van der Waals surface area contributed by atoms with Gasteiger partial charge in [-0.05, 0) is 46.5 Å². The van der Waals surface area contributed by atoms with E-state index in [4.69, 9.17) is 28.4 Å². The van der Waals surface area contributed by atoms with E-state index in [0.717, 1.165) is 5.69 Å². The van der Waals surface area contributed by atoms with Crippen LogP contribution in [0.4, 0.5) is 10.5 Å². The topological polar surface area (TPSA) is 105 Å². The first-order chi connectivity index (χ1) is 21.5. The third kappa shape index (κ3) is 10.3.